The lowest BCUT2D eigenvalue weighted by molar-refractivity contribution is 0.321. The highest BCUT2D eigenvalue weighted by atomic mass is 35.5. The van der Waals surface area contributed by atoms with E-state index in [1.54, 1.807) is 18.2 Å². The molecule has 2 aromatic carbocycles. The minimum Gasteiger partial charge on any atom is -0.338 e. The molecule has 0 unspecified atom stereocenters. The molecule has 0 spiro atoms. The molecular weight excluding hydrogens is 371 g/mol. The zero-order valence-electron chi connectivity index (χ0n) is 14.5. The van der Waals surface area contributed by atoms with Crippen molar-refractivity contribution in [3.63, 3.8) is 0 Å². The minimum absolute atomic E-state index is 0.197. The highest BCUT2D eigenvalue weighted by Gasteiger charge is 2.22. The molecule has 0 aliphatic rings. The Bertz CT molecular complexity index is 1090. The fourth-order valence-corrected chi connectivity index (χ4v) is 3.21. The summed E-state index contributed by atoms with van der Waals surface area (Å²) in [6, 6.07) is 11.1. The van der Waals surface area contributed by atoms with Crippen molar-refractivity contribution in [1.82, 2.24) is 20.1 Å². The van der Waals surface area contributed by atoms with E-state index in [1.807, 2.05) is 39.0 Å². The third-order valence-electron chi connectivity index (χ3n) is 4.01. The fraction of sp³-hybridized carbons (Fsp3) is 0.211. The number of fused-ring (bicyclic) bond motifs is 1. The van der Waals surface area contributed by atoms with E-state index < -0.39 is 0 Å². The molecule has 5 nitrogen and oxygen atoms in total. The quantitative estimate of drug-likeness (QED) is 0.466. The Morgan fingerprint density at radius 1 is 1.00 bits per heavy atom. The number of nitrogens with one attached hydrogen (secondary N) is 1. The van der Waals surface area contributed by atoms with E-state index in [2.05, 4.69) is 20.1 Å². The van der Waals surface area contributed by atoms with E-state index in [-0.39, 0.29) is 5.41 Å². The number of halogens is 2. The second-order valence-electron chi connectivity index (χ2n) is 7.09. The van der Waals surface area contributed by atoms with Crippen LogP contribution in [0.5, 0.6) is 0 Å². The highest BCUT2D eigenvalue weighted by molar-refractivity contribution is 6.39. The molecule has 2 heterocycles. The second-order valence-corrected chi connectivity index (χ2v) is 7.90. The van der Waals surface area contributed by atoms with Gasteiger partial charge in [-0.15, -0.1) is 0 Å². The summed E-state index contributed by atoms with van der Waals surface area (Å²) in [5.74, 6) is 1.76. The molecule has 2 aromatic heterocycles. The van der Waals surface area contributed by atoms with Gasteiger partial charge in [-0.1, -0.05) is 55.2 Å². The Morgan fingerprint density at radius 2 is 1.73 bits per heavy atom. The smallest absolute Gasteiger partial charge is 0.232 e. The van der Waals surface area contributed by atoms with Crippen LogP contribution in [0.4, 0.5) is 0 Å². The van der Waals surface area contributed by atoms with Crippen molar-refractivity contribution in [3.8, 4) is 22.8 Å². The van der Waals surface area contributed by atoms with Gasteiger partial charge in [0.15, 0.2) is 0 Å². The molecule has 0 radical (unpaired) electrons. The van der Waals surface area contributed by atoms with Gasteiger partial charge in [0.05, 0.1) is 26.6 Å². The Labute approximate surface area is 160 Å². The van der Waals surface area contributed by atoms with E-state index in [0.29, 0.717) is 33.1 Å². The Morgan fingerprint density at radius 3 is 2.38 bits per heavy atom. The molecular formula is C19H16Cl2N4O. The summed E-state index contributed by atoms with van der Waals surface area (Å²) in [7, 11) is 0. The lowest BCUT2D eigenvalue weighted by atomic mass is 9.97. The normalized spacial score (nSPS) is 12.0. The van der Waals surface area contributed by atoms with Gasteiger partial charge in [0.2, 0.25) is 11.7 Å². The van der Waals surface area contributed by atoms with Crippen LogP contribution in [0.3, 0.4) is 0 Å². The maximum Gasteiger partial charge on any atom is 0.232 e. The summed E-state index contributed by atoms with van der Waals surface area (Å²) in [6.07, 6.45) is 0. The van der Waals surface area contributed by atoms with E-state index in [0.717, 1.165) is 16.6 Å². The largest absolute Gasteiger partial charge is 0.338 e. The van der Waals surface area contributed by atoms with Crippen LogP contribution in [0.2, 0.25) is 10.0 Å². The predicted octanol–water partition coefficient (Wildman–Crippen LogP) is 5.88. The standard InChI is InChI=1S/C19H16Cl2N4O/c1-19(2,3)18-24-16(25-26-18)10-7-8-13-14(9-10)23-17(22-13)15-11(20)5-4-6-12(15)21/h4-9H,1-3H3,(H,22,23). The molecule has 0 saturated heterocycles. The first-order valence-corrected chi connectivity index (χ1v) is 8.87. The van der Waals surface area contributed by atoms with Crippen molar-refractivity contribution in [2.45, 2.75) is 26.2 Å². The molecule has 26 heavy (non-hydrogen) atoms. The highest BCUT2D eigenvalue weighted by Crippen LogP contribution is 2.34. The predicted molar refractivity (Wildman–Crippen MR) is 104 cm³/mol. The van der Waals surface area contributed by atoms with Crippen molar-refractivity contribution in [1.29, 1.82) is 0 Å². The third-order valence-corrected chi connectivity index (χ3v) is 4.64. The number of benzene rings is 2. The maximum atomic E-state index is 6.29. The van der Waals surface area contributed by atoms with Crippen LogP contribution < -0.4 is 0 Å². The van der Waals surface area contributed by atoms with E-state index >= 15 is 0 Å². The third kappa shape index (κ3) is 2.97. The number of imidazole rings is 1. The summed E-state index contributed by atoms with van der Waals surface area (Å²) < 4.78 is 5.38. The summed E-state index contributed by atoms with van der Waals surface area (Å²) >= 11 is 12.6. The van der Waals surface area contributed by atoms with Crippen LogP contribution in [-0.4, -0.2) is 20.1 Å². The molecule has 4 rings (SSSR count). The zero-order valence-corrected chi connectivity index (χ0v) is 16.0. The van der Waals surface area contributed by atoms with Crippen molar-refractivity contribution < 1.29 is 4.52 Å². The number of H-pyrrole nitrogens is 1. The molecule has 0 fully saturated rings. The van der Waals surface area contributed by atoms with Crippen LogP contribution in [0.25, 0.3) is 33.8 Å². The van der Waals surface area contributed by atoms with Crippen molar-refractivity contribution in [2.24, 2.45) is 0 Å². The molecule has 1 N–H and O–H groups in total. The van der Waals surface area contributed by atoms with Crippen molar-refractivity contribution in [2.75, 3.05) is 0 Å². The van der Waals surface area contributed by atoms with E-state index in [9.17, 15) is 0 Å². The number of hydrogen-bond donors (Lipinski definition) is 1. The van der Waals surface area contributed by atoms with Gasteiger partial charge in [-0.2, -0.15) is 4.98 Å². The monoisotopic (exact) mass is 386 g/mol. The summed E-state index contributed by atoms with van der Waals surface area (Å²) in [5, 5.41) is 5.18. The fourth-order valence-electron chi connectivity index (χ4n) is 2.64. The average molecular weight is 387 g/mol. The average Bonchev–Trinajstić information content (AvgIpc) is 3.20. The van der Waals surface area contributed by atoms with Crippen LogP contribution in [-0.2, 0) is 5.41 Å². The Balaban J connectivity index is 1.78. The van der Waals surface area contributed by atoms with Crippen LogP contribution >= 0.6 is 23.2 Å². The SMILES string of the molecule is CC(C)(C)c1nc(-c2ccc3nc(-c4c(Cl)cccc4Cl)[nH]c3c2)no1. The van der Waals surface area contributed by atoms with Gasteiger partial charge in [-0.25, -0.2) is 4.98 Å². The summed E-state index contributed by atoms with van der Waals surface area (Å²) in [5.41, 5.74) is 2.98. The molecule has 0 atom stereocenters. The van der Waals surface area contributed by atoms with Gasteiger partial charge in [-0.05, 0) is 30.3 Å². The van der Waals surface area contributed by atoms with Gasteiger partial charge < -0.3 is 9.51 Å². The second kappa shape index (κ2) is 6.11. The molecule has 0 bridgehead atoms. The molecule has 4 aromatic rings. The zero-order chi connectivity index (χ0) is 18.5. The van der Waals surface area contributed by atoms with E-state index in [1.165, 1.54) is 0 Å². The number of rotatable bonds is 2. The van der Waals surface area contributed by atoms with Gasteiger partial charge in [-0.3, -0.25) is 0 Å². The molecule has 132 valence electrons. The molecule has 0 aliphatic heterocycles. The number of hydrogen-bond acceptors (Lipinski definition) is 4. The lowest BCUT2D eigenvalue weighted by Crippen LogP contribution is -2.11. The summed E-state index contributed by atoms with van der Waals surface area (Å²) in [4.78, 5) is 12.4. The van der Waals surface area contributed by atoms with Gasteiger partial charge >= 0.3 is 0 Å². The first-order valence-electron chi connectivity index (χ1n) is 8.11. The summed E-state index contributed by atoms with van der Waals surface area (Å²) in [6.45, 7) is 6.09. The lowest BCUT2D eigenvalue weighted by Gasteiger charge is -2.10. The first-order chi connectivity index (χ1) is 12.3. The number of aromatic nitrogens is 4. The number of aromatic amines is 1. The first kappa shape index (κ1) is 17.1. The molecule has 0 saturated carbocycles. The topological polar surface area (TPSA) is 67.6 Å². The molecule has 0 amide bonds. The minimum atomic E-state index is -0.197. The van der Waals surface area contributed by atoms with Crippen LogP contribution in [0.15, 0.2) is 40.9 Å². The van der Waals surface area contributed by atoms with Crippen LogP contribution in [0.1, 0.15) is 26.7 Å². The van der Waals surface area contributed by atoms with Gasteiger partial charge in [0, 0.05) is 11.0 Å². The van der Waals surface area contributed by atoms with Gasteiger partial charge in [0.25, 0.3) is 0 Å². The van der Waals surface area contributed by atoms with Crippen molar-refractivity contribution >= 4 is 34.2 Å². The Hall–Kier alpha value is -2.37. The van der Waals surface area contributed by atoms with Crippen LogP contribution in [0, 0.1) is 0 Å². The van der Waals surface area contributed by atoms with Crippen molar-refractivity contribution in [3.05, 3.63) is 52.3 Å². The maximum absolute atomic E-state index is 6.29. The van der Waals surface area contributed by atoms with Gasteiger partial charge in [0.1, 0.15) is 5.82 Å². The molecule has 7 heteroatoms. The number of nitrogens with zero attached hydrogens (tertiary/aromatic N) is 3. The van der Waals surface area contributed by atoms with E-state index in [4.69, 9.17) is 27.7 Å². The molecule has 0 aliphatic carbocycles. The Kier molecular flexibility index (Phi) is 4.01.